The van der Waals surface area contributed by atoms with E-state index in [-0.39, 0.29) is 17.3 Å². The summed E-state index contributed by atoms with van der Waals surface area (Å²) < 4.78 is 29.2. The molecule has 8 heteroatoms. The first kappa shape index (κ1) is 30.9. The lowest BCUT2D eigenvalue weighted by Crippen LogP contribution is -2.55. The Balaban J connectivity index is 2.12. The number of carbonyl (C=O) groups excluding carboxylic acids is 2. The van der Waals surface area contributed by atoms with Gasteiger partial charge in [-0.1, -0.05) is 61.5 Å². The third-order valence-corrected chi connectivity index (χ3v) is 8.71. The fourth-order valence-corrected chi connectivity index (χ4v) is 6.07. The van der Waals surface area contributed by atoms with E-state index in [0.717, 1.165) is 22.3 Å². The van der Waals surface area contributed by atoms with Crippen LogP contribution in [0.5, 0.6) is 0 Å². The highest BCUT2D eigenvalue weighted by Crippen LogP contribution is 2.29. The van der Waals surface area contributed by atoms with Crippen LogP contribution in [0.2, 0.25) is 0 Å². The number of hydrogen-bond acceptors (Lipinski definition) is 4. The summed E-state index contributed by atoms with van der Waals surface area (Å²) in [6.45, 7) is 13.0. The highest BCUT2D eigenvalue weighted by Gasteiger charge is 2.35. The predicted octanol–water partition coefficient (Wildman–Crippen LogP) is 5.53. The minimum Gasteiger partial charge on any atom is -0.350 e. The molecule has 0 radical (unpaired) electrons. The van der Waals surface area contributed by atoms with E-state index in [1.807, 2.05) is 78.8 Å². The van der Waals surface area contributed by atoms with Crippen LogP contribution in [-0.2, 0) is 26.2 Å². The third-order valence-electron chi connectivity index (χ3n) is 6.94. The van der Waals surface area contributed by atoms with Crippen molar-refractivity contribution in [3.05, 3.63) is 95.1 Å². The molecule has 0 saturated carbocycles. The molecule has 0 heterocycles. The predicted molar refractivity (Wildman–Crippen MR) is 161 cm³/mol. The zero-order valence-corrected chi connectivity index (χ0v) is 25.4. The van der Waals surface area contributed by atoms with Crippen molar-refractivity contribution >= 4 is 27.5 Å². The second-order valence-electron chi connectivity index (χ2n) is 11.2. The molecule has 2 amide bonds. The van der Waals surface area contributed by atoms with E-state index in [2.05, 4.69) is 5.32 Å². The third kappa shape index (κ3) is 7.30. The normalized spacial score (nSPS) is 12.5. The van der Waals surface area contributed by atoms with Gasteiger partial charge < -0.3 is 10.2 Å². The molecule has 0 bridgehead atoms. The summed E-state index contributed by atoms with van der Waals surface area (Å²) in [5.41, 5.74) is 3.48. The number of sulfonamides is 1. The lowest BCUT2D eigenvalue weighted by Gasteiger charge is -2.35. The standard InChI is InChI=1S/C32H41N3O4S/c1-8-28(31(37)33-32(5,6)7)34(21-26-17-13-12-15-24(26)3)30(36)22-35(29-20-14-16-23(2)25(29)4)40(38,39)27-18-10-9-11-19-27/h9-20,28H,8,21-22H2,1-7H3,(H,33,37)/t28-/m0/s1. The molecule has 3 aromatic carbocycles. The maximum atomic E-state index is 14.2. The molecule has 0 aliphatic rings. The van der Waals surface area contributed by atoms with Gasteiger partial charge in [0.25, 0.3) is 10.0 Å². The van der Waals surface area contributed by atoms with Gasteiger partial charge in [0.05, 0.1) is 10.6 Å². The molecule has 3 rings (SSSR count). The molecule has 0 unspecified atom stereocenters. The van der Waals surface area contributed by atoms with Gasteiger partial charge in [0, 0.05) is 12.1 Å². The van der Waals surface area contributed by atoms with Crippen molar-refractivity contribution in [2.24, 2.45) is 0 Å². The summed E-state index contributed by atoms with van der Waals surface area (Å²) >= 11 is 0. The number of hydrogen-bond donors (Lipinski definition) is 1. The van der Waals surface area contributed by atoms with Crippen LogP contribution >= 0.6 is 0 Å². The van der Waals surface area contributed by atoms with Gasteiger partial charge in [-0.25, -0.2) is 8.42 Å². The van der Waals surface area contributed by atoms with E-state index in [1.54, 1.807) is 30.3 Å². The molecule has 0 aromatic heterocycles. The molecular weight excluding hydrogens is 522 g/mol. The highest BCUT2D eigenvalue weighted by atomic mass is 32.2. The second kappa shape index (κ2) is 12.7. The number of benzene rings is 3. The Bertz CT molecular complexity index is 1450. The van der Waals surface area contributed by atoms with Crippen molar-refractivity contribution in [3.8, 4) is 0 Å². The topological polar surface area (TPSA) is 86.8 Å². The van der Waals surface area contributed by atoms with Crippen LogP contribution in [-0.4, -0.2) is 43.3 Å². The van der Waals surface area contributed by atoms with Crippen molar-refractivity contribution in [2.45, 2.75) is 77.9 Å². The zero-order valence-electron chi connectivity index (χ0n) is 24.6. The van der Waals surface area contributed by atoms with Crippen molar-refractivity contribution in [2.75, 3.05) is 10.8 Å². The Morgan fingerprint density at radius 2 is 1.45 bits per heavy atom. The van der Waals surface area contributed by atoms with E-state index >= 15 is 0 Å². The summed E-state index contributed by atoms with van der Waals surface area (Å²) in [5, 5.41) is 3.00. The van der Waals surface area contributed by atoms with Crippen molar-refractivity contribution < 1.29 is 18.0 Å². The van der Waals surface area contributed by atoms with Crippen LogP contribution < -0.4 is 9.62 Å². The van der Waals surface area contributed by atoms with Gasteiger partial charge in [0.2, 0.25) is 11.8 Å². The van der Waals surface area contributed by atoms with E-state index in [0.29, 0.717) is 12.1 Å². The van der Waals surface area contributed by atoms with Gasteiger partial charge in [-0.05, 0) is 88.4 Å². The Hall–Kier alpha value is -3.65. The van der Waals surface area contributed by atoms with Crippen LogP contribution in [0.4, 0.5) is 5.69 Å². The van der Waals surface area contributed by atoms with Crippen LogP contribution in [0.1, 0.15) is 56.4 Å². The molecule has 0 saturated heterocycles. The maximum absolute atomic E-state index is 14.2. The Labute approximate surface area is 239 Å². The zero-order chi connectivity index (χ0) is 29.7. The monoisotopic (exact) mass is 563 g/mol. The molecule has 1 N–H and O–H groups in total. The number of nitrogens with one attached hydrogen (secondary N) is 1. The van der Waals surface area contributed by atoms with Gasteiger partial charge in [-0.15, -0.1) is 0 Å². The quantitative estimate of drug-likeness (QED) is 0.352. The number of aryl methyl sites for hydroxylation is 2. The van der Waals surface area contributed by atoms with E-state index in [1.165, 1.54) is 21.3 Å². The van der Waals surface area contributed by atoms with Crippen LogP contribution in [0.3, 0.4) is 0 Å². The van der Waals surface area contributed by atoms with Gasteiger partial charge in [0.1, 0.15) is 12.6 Å². The molecule has 0 aliphatic heterocycles. The molecule has 0 spiro atoms. The Morgan fingerprint density at radius 3 is 2.05 bits per heavy atom. The average Bonchev–Trinajstić information content (AvgIpc) is 2.89. The van der Waals surface area contributed by atoms with Crippen molar-refractivity contribution in [3.63, 3.8) is 0 Å². The molecule has 40 heavy (non-hydrogen) atoms. The van der Waals surface area contributed by atoms with E-state index in [4.69, 9.17) is 0 Å². The van der Waals surface area contributed by atoms with Crippen LogP contribution in [0.25, 0.3) is 0 Å². The minimum atomic E-state index is -4.10. The van der Waals surface area contributed by atoms with Gasteiger partial charge in [-0.2, -0.15) is 0 Å². The maximum Gasteiger partial charge on any atom is 0.264 e. The molecule has 214 valence electrons. The van der Waals surface area contributed by atoms with E-state index in [9.17, 15) is 18.0 Å². The minimum absolute atomic E-state index is 0.0895. The van der Waals surface area contributed by atoms with Gasteiger partial charge in [0.15, 0.2) is 0 Å². The molecular formula is C32H41N3O4S. The molecule has 1 atom stereocenters. The lowest BCUT2D eigenvalue weighted by atomic mass is 10.0. The Morgan fingerprint density at radius 1 is 0.850 bits per heavy atom. The van der Waals surface area contributed by atoms with Crippen molar-refractivity contribution in [1.82, 2.24) is 10.2 Å². The lowest BCUT2D eigenvalue weighted by molar-refractivity contribution is -0.141. The van der Waals surface area contributed by atoms with Gasteiger partial charge >= 0.3 is 0 Å². The summed E-state index contributed by atoms with van der Waals surface area (Å²) in [5.74, 6) is -0.735. The number of nitrogens with zero attached hydrogens (tertiary/aromatic N) is 2. The fraction of sp³-hybridized carbons (Fsp3) is 0.375. The fourth-order valence-electron chi connectivity index (χ4n) is 4.58. The van der Waals surface area contributed by atoms with Gasteiger partial charge in [-0.3, -0.25) is 13.9 Å². The largest absolute Gasteiger partial charge is 0.350 e. The van der Waals surface area contributed by atoms with Crippen LogP contribution in [0.15, 0.2) is 77.7 Å². The summed E-state index contributed by atoms with van der Waals surface area (Å²) in [7, 11) is -4.10. The van der Waals surface area contributed by atoms with Crippen molar-refractivity contribution in [1.29, 1.82) is 0 Å². The molecule has 0 fully saturated rings. The highest BCUT2D eigenvalue weighted by molar-refractivity contribution is 7.92. The second-order valence-corrected chi connectivity index (χ2v) is 13.0. The van der Waals surface area contributed by atoms with Crippen LogP contribution in [0, 0.1) is 20.8 Å². The number of anilines is 1. The number of amides is 2. The number of rotatable bonds is 10. The molecule has 0 aliphatic carbocycles. The Kier molecular flexibility index (Phi) is 9.79. The molecule has 3 aromatic rings. The first-order valence-electron chi connectivity index (χ1n) is 13.6. The summed E-state index contributed by atoms with van der Waals surface area (Å²) in [4.78, 5) is 29.3. The number of carbonyl (C=O) groups is 2. The first-order chi connectivity index (χ1) is 18.8. The average molecular weight is 564 g/mol. The first-order valence-corrected chi connectivity index (χ1v) is 15.0. The molecule has 7 nitrogen and oxygen atoms in total. The van der Waals surface area contributed by atoms with E-state index < -0.39 is 34.1 Å². The smallest absolute Gasteiger partial charge is 0.264 e. The summed E-state index contributed by atoms with van der Waals surface area (Å²) in [6.07, 6.45) is 0.369. The summed E-state index contributed by atoms with van der Waals surface area (Å²) in [6, 6.07) is 20.4. The SMILES string of the molecule is CC[C@@H](C(=O)NC(C)(C)C)N(Cc1ccccc1C)C(=O)CN(c1cccc(C)c1C)S(=O)(=O)c1ccccc1.